The fourth-order valence-corrected chi connectivity index (χ4v) is 3.52. The molecule has 0 unspecified atom stereocenters. The highest BCUT2D eigenvalue weighted by molar-refractivity contribution is 14.0. The van der Waals surface area contributed by atoms with E-state index >= 15 is 0 Å². The normalized spacial score (nSPS) is 11.5. The number of halogens is 2. The molecule has 0 saturated carbocycles. The Morgan fingerprint density at radius 3 is 2.81 bits per heavy atom. The molecule has 2 aromatic heterocycles. The van der Waals surface area contributed by atoms with Gasteiger partial charge in [-0.2, -0.15) is 0 Å². The van der Waals surface area contributed by atoms with Gasteiger partial charge in [0.15, 0.2) is 5.96 Å². The maximum atomic E-state index is 6.07. The smallest absolute Gasteiger partial charge is 0.193 e. The molecule has 0 spiro atoms. The second kappa shape index (κ2) is 10.0. The van der Waals surface area contributed by atoms with Crippen LogP contribution in [0, 0.1) is 0 Å². The van der Waals surface area contributed by atoms with Crippen LogP contribution in [-0.4, -0.2) is 41.1 Å². The molecular weight excluding hydrogens is 473 g/mol. The van der Waals surface area contributed by atoms with Crippen molar-refractivity contribution in [3.05, 3.63) is 59.0 Å². The number of aliphatic imine (C=N–C) groups is 1. The average molecular weight is 500 g/mol. The Bertz CT molecular complexity index is 899. The van der Waals surface area contributed by atoms with Crippen LogP contribution in [0.5, 0.6) is 0 Å². The maximum Gasteiger partial charge on any atom is 0.193 e. The SMILES string of the molecule is CN=C(NCCCc1c[nH]c2ccccc12)N(C)Cc1cc(Cl)cn1C.I. The minimum absolute atomic E-state index is 0. The first-order valence-corrected chi connectivity index (χ1v) is 9.24. The summed E-state index contributed by atoms with van der Waals surface area (Å²) in [5.74, 6) is 0.890. The monoisotopic (exact) mass is 499 g/mol. The first-order valence-electron chi connectivity index (χ1n) is 8.86. The molecule has 0 atom stereocenters. The quantitative estimate of drug-likeness (QED) is 0.228. The van der Waals surface area contributed by atoms with Crippen molar-refractivity contribution in [1.29, 1.82) is 0 Å². The zero-order valence-electron chi connectivity index (χ0n) is 16.0. The fraction of sp³-hybridized carbons (Fsp3) is 0.350. The Balaban J connectivity index is 0.00000261. The number of aromatic amines is 1. The van der Waals surface area contributed by atoms with Gasteiger partial charge < -0.3 is 19.8 Å². The number of aryl methyl sites for hydroxylation is 2. The number of hydrogen-bond acceptors (Lipinski definition) is 1. The van der Waals surface area contributed by atoms with Crippen molar-refractivity contribution in [3.63, 3.8) is 0 Å². The van der Waals surface area contributed by atoms with Crippen LogP contribution in [0.25, 0.3) is 10.9 Å². The van der Waals surface area contributed by atoms with Crippen molar-refractivity contribution in [2.45, 2.75) is 19.4 Å². The van der Waals surface area contributed by atoms with Crippen LogP contribution in [0.4, 0.5) is 0 Å². The predicted molar refractivity (Wildman–Crippen MR) is 125 cm³/mol. The Morgan fingerprint density at radius 1 is 1.33 bits per heavy atom. The van der Waals surface area contributed by atoms with E-state index in [0.29, 0.717) is 0 Å². The molecule has 0 aliphatic rings. The molecule has 2 N–H and O–H groups in total. The molecule has 0 saturated heterocycles. The first-order chi connectivity index (χ1) is 12.6. The van der Waals surface area contributed by atoms with Gasteiger partial charge in [0.25, 0.3) is 0 Å². The van der Waals surface area contributed by atoms with Gasteiger partial charge in [-0.15, -0.1) is 24.0 Å². The highest BCUT2D eigenvalue weighted by Crippen LogP contribution is 2.18. The van der Waals surface area contributed by atoms with E-state index in [-0.39, 0.29) is 24.0 Å². The topological polar surface area (TPSA) is 48.4 Å². The largest absolute Gasteiger partial charge is 0.361 e. The summed E-state index contributed by atoms with van der Waals surface area (Å²) in [6, 6.07) is 10.4. The van der Waals surface area contributed by atoms with E-state index in [1.807, 2.05) is 38.0 Å². The van der Waals surface area contributed by atoms with Gasteiger partial charge >= 0.3 is 0 Å². The number of H-pyrrole nitrogens is 1. The number of aromatic nitrogens is 2. The second-order valence-electron chi connectivity index (χ2n) is 6.55. The van der Waals surface area contributed by atoms with Gasteiger partial charge in [-0.25, -0.2) is 0 Å². The number of benzene rings is 1. The minimum atomic E-state index is 0. The Labute approximate surface area is 182 Å². The van der Waals surface area contributed by atoms with Crippen LogP contribution in [0.3, 0.4) is 0 Å². The van der Waals surface area contributed by atoms with E-state index in [1.165, 1.54) is 16.5 Å². The number of nitrogens with zero attached hydrogens (tertiary/aromatic N) is 3. The molecule has 0 fully saturated rings. The van der Waals surface area contributed by atoms with Crippen LogP contribution in [-0.2, 0) is 20.0 Å². The third-order valence-electron chi connectivity index (χ3n) is 4.63. The summed E-state index contributed by atoms with van der Waals surface area (Å²) in [6.07, 6.45) is 6.11. The molecule has 0 bridgehead atoms. The molecule has 146 valence electrons. The van der Waals surface area contributed by atoms with Crippen LogP contribution in [0.15, 0.2) is 47.7 Å². The summed E-state index contributed by atoms with van der Waals surface area (Å²) in [5, 5.41) is 5.53. The molecule has 27 heavy (non-hydrogen) atoms. The highest BCUT2D eigenvalue weighted by Gasteiger charge is 2.10. The molecule has 0 radical (unpaired) electrons. The number of fused-ring (bicyclic) bond motifs is 1. The molecule has 0 amide bonds. The molecule has 2 heterocycles. The lowest BCUT2D eigenvalue weighted by Gasteiger charge is -2.22. The first kappa shape index (κ1) is 21.6. The van der Waals surface area contributed by atoms with Crippen molar-refractivity contribution in [2.24, 2.45) is 12.0 Å². The Hall–Kier alpha value is -1.67. The molecule has 3 aromatic rings. The fourth-order valence-electron chi connectivity index (χ4n) is 3.24. The van der Waals surface area contributed by atoms with Gasteiger partial charge in [-0.3, -0.25) is 4.99 Å². The van der Waals surface area contributed by atoms with Gasteiger partial charge in [0, 0.05) is 56.7 Å². The summed E-state index contributed by atoms with van der Waals surface area (Å²) in [7, 11) is 5.86. The third kappa shape index (κ3) is 5.42. The van der Waals surface area contributed by atoms with Crippen LogP contribution in [0.1, 0.15) is 17.7 Å². The average Bonchev–Trinajstić information content (AvgIpc) is 3.17. The summed E-state index contributed by atoms with van der Waals surface area (Å²) in [4.78, 5) is 9.83. The minimum Gasteiger partial charge on any atom is -0.361 e. The standard InChI is InChI=1S/C20H26ClN5.HI/c1-22-20(26(3)14-17-11-16(21)13-25(17)2)23-10-6-7-15-12-24-19-9-5-4-8-18(15)19;/h4-5,8-9,11-13,24H,6-7,10,14H2,1-3H3,(H,22,23);1H. The lowest BCUT2D eigenvalue weighted by molar-refractivity contribution is 0.461. The van der Waals surface area contributed by atoms with Gasteiger partial charge in [-0.05, 0) is 30.5 Å². The number of rotatable bonds is 6. The number of para-hydroxylation sites is 1. The highest BCUT2D eigenvalue weighted by atomic mass is 127. The van der Waals surface area contributed by atoms with Crippen molar-refractivity contribution in [2.75, 3.05) is 20.6 Å². The summed E-state index contributed by atoms with van der Waals surface area (Å²) in [6.45, 7) is 1.63. The molecule has 0 aliphatic heterocycles. The van der Waals surface area contributed by atoms with Crippen LogP contribution in [0.2, 0.25) is 5.02 Å². The third-order valence-corrected chi connectivity index (χ3v) is 4.83. The Morgan fingerprint density at radius 2 is 2.11 bits per heavy atom. The number of guanidine groups is 1. The molecule has 1 aromatic carbocycles. The lowest BCUT2D eigenvalue weighted by Crippen LogP contribution is -2.39. The van der Waals surface area contributed by atoms with Gasteiger partial charge in [0.1, 0.15) is 0 Å². The summed E-state index contributed by atoms with van der Waals surface area (Å²) in [5.41, 5.74) is 3.72. The van der Waals surface area contributed by atoms with Gasteiger partial charge in [-0.1, -0.05) is 29.8 Å². The molecule has 5 nitrogen and oxygen atoms in total. The molecular formula is C20H27ClIN5. The number of hydrogen-bond donors (Lipinski definition) is 2. The van der Waals surface area contributed by atoms with Crippen LogP contribution >= 0.6 is 35.6 Å². The summed E-state index contributed by atoms with van der Waals surface area (Å²) >= 11 is 6.07. The predicted octanol–water partition coefficient (Wildman–Crippen LogP) is 4.42. The molecule has 0 aliphatic carbocycles. The zero-order chi connectivity index (χ0) is 18.5. The lowest BCUT2D eigenvalue weighted by atomic mass is 10.1. The van der Waals surface area contributed by atoms with Gasteiger partial charge in [0.05, 0.1) is 11.6 Å². The number of nitrogens with one attached hydrogen (secondary N) is 2. The van der Waals surface area contributed by atoms with Crippen molar-refractivity contribution < 1.29 is 0 Å². The summed E-state index contributed by atoms with van der Waals surface area (Å²) < 4.78 is 2.04. The van der Waals surface area contributed by atoms with E-state index in [9.17, 15) is 0 Å². The van der Waals surface area contributed by atoms with Crippen molar-refractivity contribution >= 4 is 52.4 Å². The van der Waals surface area contributed by atoms with Gasteiger partial charge in [0.2, 0.25) is 0 Å². The van der Waals surface area contributed by atoms with E-state index in [0.717, 1.165) is 42.6 Å². The molecule has 7 heteroatoms. The van der Waals surface area contributed by atoms with E-state index < -0.39 is 0 Å². The van der Waals surface area contributed by atoms with Crippen LogP contribution < -0.4 is 5.32 Å². The zero-order valence-corrected chi connectivity index (χ0v) is 19.1. The Kier molecular flexibility index (Phi) is 8.04. The van der Waals surface area contributed by atoms with E-state index in [1.54, 1.807) is 0 Å². The van der Waals surface area contributed by atoms with E-state index in [2.05, 4.69) is 50.7 Å². The maximum absolute atomic E-state index is 6.07. The van der Waals surface area contributed by atoms with Crippen molar-refractivity contribution in [3.8, 4) is 0 Å². The van der Waals surface area contributed by atoms with Crippen molar-refractivity contribution in [1.82, 2.24) is 19.8 Å². The second-order valence-corrected chi connectivity index (χ2v) is 6.99. The molecule has 3 rings (SSSR count). The van der Waals surface area contributed by atoms with E-state index in [4.69, 9.17) is 11.6 Å².